The van der Waals surface area contributed by atoms with Crippen molar-refractivity contribution in [3.8, 4) is 0 Å². The molecule has 1 amide bonds. The Labute approximate surface area is 191 Å². The average molecular weight is 441 g/mol. The van der Waals surface area contributed by atoms with Gasteiger partial charge < -0.3 is 25.9 Å². The highest BCUT2D eigenvalue weighted by atomic mass is 16.1. The Bertz CT molecular complexity index is 1140. The molecule has 0 atom stereocenters. The quantitative estimate of drug-likeness (QED) is 0.480. The van der Waals surface area contributed by atoms with E-state index in [0.717, 1.165) is 44.4 Å². The summed E-state index contributed by atoms with van der Waals surface area (Å²) in [5.41, 5.74) is 1.86. The number of anilines is 3. The Hall–Kier alpha value is -4.47. The fraction of sp³-hybridized carbons (Fsp3) is 0.174. The number of carbonyl (C=O) groups is 1. The van der Waals surface area contributed by atoms with Crippen LogP contribution in [-0.2, 0) is 0 Å². The maximum atomic E-state index is 12.5. The topological polar surface area (TPSA) is 135 Å². The van der Waals surface area contributed by atoms with Gasteiger partial charge in [0.15, 0.2) is 0 Å². The van der Waals surface area contributed by atoms with Crippen LogP contribution in [0, 0.1) is 10.8 Å². The first kappa shape index (κ1) is 21.8. The van der Waals surface area contributed by atoms with Crippen molar-refractivity contribution in [3.05, 3.63) is 72.5 Å². The normalized spacial score (nSPS) is 14.0. The number of aromatic nitrogens is 4. The second-order valence-electron chi connectivity index (χ2n) is 7.25. The summed E-state index contributed by atoms with van der Waals surface area (Å²) < 4.78 is 0. The first-order valence-electron chi connectivity index (χ1n) is 10.4. The van der Waals surface area contributed by atoms with Gasteiger partial charge in [-0.15, -0.1) is 0 Å². The molecule has 0 radical (unpaired) electrons. The number of nitrogens with zero attached hydrogens (tertiary/aromatic N) is 6. The van der Waals surface area contributed by atoms with Gasteiger partial charge in [0, 0.05) is 56.6 Å². The summed E-state index contributed by atoms with van der Waals surface area (Å²) in [6.07, 6.45) is 10.1. The molecule has 0 unspecified atom stereocenters. The van der Waals surface area contributed by atoms with E-state index >= 15 is 0 Å². The molecular weight excluding hydrogens is 418 g/mol. The molecule has 0 bridgehead atoms. The molecule has 4 heterocycles. The van der Waals surface area contributed by atoms with Gasteiger partial charge in [0.1, 0.15) is 5.82 Å². The molecule has 0 spiro atoms. The van der Waals surface area contributed by atoms with Gasteiger partial charge in [0.25, 0.3) is 5.91 Å². The van der Waals surface area contributed by atoms with Gasteiger partial charge in [-0.2, -0.15) is 0 Å². The molecule has 4 rings (SSSR count). The van der Waals surface area contributed by atoms with E-state index in [1.807, 2.05) is 18.2 Å². The van der Waals surface area contributed by atoms with Crippen molar-refractivity contribution in [1.82, 2.24) is 19.9 Å². The van der Waals surface area contributed by atoms with Crippen LogP contribution in [0.2, 0.25) is 0 Å². The Morgan fingerprint density at radius 3 is 2.27 bits per heavy atom. The SMILES string of the molecule is N=C/C=C(\C=N)c1ccc(C(=O)Nc2cnc(N3CCN(c4ccccn4)CC3)nc2)cn1. The lowest BCUT2D eigenvalue weighted by Gasteiger charge is -2.35. The molecule has 0 saturated carbocycles. The fourth-order valence-corrected chi connectivity index (χ4v) is 3.42. The zero-order chi connectivity index (χ0) is 23.0. The number of amides is 1. The molecule has 3 N–H and O–H groups in total. The number of pyridine rings is 2. The summed E-state index contributed by atoms with van der Waals surface area (Å²) >= 11 is 0. The van der Waals surface area contributed by atoms with E-state index in [0.29, 0.717) is 28.5 Å². The molecule has 10 nitrogen and oxygen atoms in total. The molecular formula is C23H23N9O. The second-order valence-corrected chi connectivity index (χ2v) is 7.25. The highest BCUT2D eigenvalue weighted by Crippen LogP contribution is 2.17. The molecule has 10 heteroatoms. The van der Waals surface area contributed by atoms with Crippen molar-refractivity contribution in [2.24, 2.45) is 0 Å². The van der Waals surface area contributed by atoms with Gasteiger partial charge in [0.2, 0.25) is 5.95 Å². The standard InChI is InChI=1S/C23H23N9O/c24-7-6-17(13-25)20-5-4-18(14-27-20)22(33)30-19-15-28-23(29-16-19)32-11-9-31(10-12-32)21-3-1-2-8-26-21/h1-8,13-16,24-25H,9-12H2,(H,30,33)/b17-6+,24-7?,25-13?. The van der Waals surface area contributed by atoms with Crippen LogP contribution in [-0.4, -0.2) is 64.5 Å². The first-order valence-corrected chi connectivity index (χ1v) is 10.4. The number of nitrogens with one attached hydrogen (secondary N) is 3. The number of hydrogen-bond donors (Lipinski definition) is 3. The Balaban J connectivity index is 1.34. The van der Waals surface area contributed by atoms with Crippen molar-refractivity contribution < 1.29 is 4.79 Å². The van der Waals surface area contributed by atoms with Crippen LogP contribution in [0.1, 0.15) is 16.1 Å². The third kappa shape index (κ3) is 5.24. The maximum absolute atomic E-state index is 12.5. The summed E-state index contributed by atoms with van der Waals surface area (Å²) in [4.78, 5) is 34.3. The predicted molar refractivity (Wildman–Crippen MR) is 128 cm³/mol. The van der Waals surface area contributed by atoms with Crippen molar-refractivity contribution in [2.75, 3.05) is 41.3 Å². The third-order valence-corrected chi connectivity index (χ3v) is 5.17. The van der Waals surface area contributed by atoms with Gasteiger partial charge in [-0.3, -0.25) is 9.78 Å². The molecule has 1 aliphatic rings. The number of piperazine rings is 1. The largest absolute Gasteiger partial charge is 0.353 e. The summed E-state index contributed by atoms with van der Waals surface area (Å²) in [7, 11) is 0. The minimum absolute atomic E-state index is 0.332. The lowest BCUT2D eigenvalue weighted by Crippen LogP contribution is -2.47. The van der Waals surface area contributed by atoms with Crippen LogP contribution >= 0.6 is 0 Å². The van der Waals surface area contributed by atoms with Crippen LogP contribution in [0.5, 0.6) is 0 Å². The molecule has 0 aliphatic carbocycles. The van der Waals surface area contributed by atoms with Crippen molar-refractivity contribution in [1.29, 1.82) is 10.8 Å². The highest BCUT2D eigenvalue weighted by molar-refractivity contribution is 6.11. The van der Waals surface area contributed by atoms with Gasteiger partial charge in [-0.05, 0) is 30.3 Å². The molecule has 166 valence electrons. The molecule has 1 saturated heterocycles. The van der Waals surface area contributed by atoms with E-state index in [1.165, 1.54) is 12.3 Å². The van der Waals surface area contributed by atoms with Crippen LogP contribution < -0.4 is 15.1 Å². The predicted octanol–water partition coefficient (Wildman–Crippen LogP) is 2.53. The molecule has 3 aromatic rings. The number of hydrogen-bond acceptors (Lipinski definition) is 9. The van der Waals surface area contributed by atoms with Gasteiger partial charge in [-0.1, -0.05) is 6.07 Å². The third-order valence-electron chi connectivity index (χ3n) is 5.17. The fourth-order valence-electron chi connectivity index (χ4n) is 3.42. The van der Waals surface area contributed by atoms with Crippen molar-refractivity contribution in [2.45, 2.75) is 0 Å². The van der Waals surface area contributed by atoms with Crippen molar-refractivity contribution in [3.63, 3.8) is 0 Å². The molecule has 33 heavy (non-hydrogen) atoms. The number of allylic oxidation sites excluding steroid dienone is 2. The minimum Gasteiger partial charge on any atom is -0.353 e. The lowest BCUT2D eigenvalue weighted by molar-refractivity contribution is 0.102. The van der Waals surface area contributed by atoms with E-state index in [9.17, 15) is 4.79 Å². The average Bonchev–Trinajstić information content (AvgIpc) is 2.88. The Kier molecular flexibility index (Phi) is 6.74. The first-order chi connectivity index (χ1) is 16.2. The van der Waals surface area contributed by atoms with Gasteiger partial charge in [0.05, 0.1) is 29.3 Å². The van der Waals surface area contributed by atoms with Crippen LogP contribution in [0.4, 0.5) is 17.5 Å². The van der Waals surface area contributed by atoms with E-state index in [4.69, 9.17) is 10.8 Å². The number of rotatable bonds is 7. The lowest BCUT2D eigenvalue weighted by atomic mass is 10.1. The summed E-state index contributed by atoms with van der Waals surface area (Å²) in [5.74, 6) is 1.26. The maximum Gasteiger partial charge on any atom is 0.257 e. The molecule has 0 aromatic carbocycles. The van der Waals surface area contributed by atoms with Crippen LogP contribution in [0.15, 0.2) is 61.2 Å². The smallest absolute Gasteiger partial charge is 0.257 e. The molecule has 1 fully saturated rings. The van der Waals surface area contributed by atoms with Gasteiger partial charge in [-0.25, -0.2) is 15.0 Å². The Morgan fingerprint density at radius 2 is 1.67 bits per heavy atom. The Morgan fingerprint density at radius 1 is 0.909 bits per heavy atom. The summed E-state index contributed by atoms with van der Waals surface area (Å²) in [6, 6.07) is 9.16. The molecule has 3 aromatic heterocycles. The minimum atomic E-state index is -0.332. The van der Waals surface area contributed by atoms with Crippen molar-refractivity contribution >= 4 is 41.4 Å². The zero-order valence-corrected chi connectivity index (χ0v) is 17.8. The second kappa shape index (κ2) is 10.2. The summed E-state index contributed by atoms with van der Waals surface area (Å²) in [6.45, 7) is 3.22. The molecule has 1 aliphatic heterocycles. The van der Waals surface area contributed by atoms with Crippen LogP contribution in [0.25, 0.3) is 5.57 Å². The van der Waals surface area contributed by atoms with Crippen LogP contribution in [0.3, 0.4) is 0 Å². The van der Waals surface area contributed by atoms with E-state index in [2.05, 4.69) is 35.1 Å². The van der Waals surface area contributed by atoms with Gasteiger partial charge >= 0.3 is 0 Å². The zero-order valence-electron chi connectivity index (χ0n) is 17.8. The summed E-state index contributed by atoms with van der Waals surface area (Å²) in [5, 5.41) is 17.3. The van der Waals surface area contributed by atoms with E-state index in [-0.39, 0.29) is 5.91 Å². The van der Waals surface area contributed by atoms with E-state index in [1.54, 1.807) is 30.7 Å². The number of carbonyl (C=O) groups excluding carboxylic acids is 1. The highest BCUT2D eigenvalue weighted by Gasteiger charge is 2.20. The van der Waals surface area contributed by atoms with E-state index < -0.39 is 0 Å². The monoisotopic (exact) mass is 441 g/mol.